The van der Waals surface area contributed by atoms with Gasteiger partial charge in [-0.2, -0.15) is 0 Å². The molecule has 1 N–H and O–H groups in total. The number of hydrogen-bond acceptors (Lipinski definition) is 5. The van der Waals surface area contributed by atoms with E-state index in [9.17, 15) is 0 Å². The number of thiazole rings is 1. The van der Waals surface area contributed by atoms with E-state index in [4.69, 9.17) is 14.6 Å². The first-order valence-electron chi connectivity index (χ1n) is 5.11. The van der Waals surface area contributed by atoms with E-state index in [1.807, 2.05) is 5.38 Å². The molecule has 1 aromatic carbocycles. The lowest BCUT2D eigenvalue weighted by Crippen LogP contribution is -1.98. The predicted molar refractivity (Wildman–Crippen MR) is 65.4 cm³/mol. The largest absolute Gasteiger partial charge is 0.493 e. The zero-order valence-corrected chi connectivity index (χ0v) is 10.2. The second-order valence-corrected chi connectivity index (χ2v) is 4.13. The van der Waals surface area contributed by atoms with E-state index in [-0.39, 0.29) is 6.61 Å². The summed E-state index contributed by atoms with van der Waals surface area (Å²) in [5.74, 6) is 1.27. The van der Waals surface area contributed by atoms with Crippen LogP contribution in [0.3, 0.4) is 0 Å². The molecule has 4 nitrogen and oxygen atoms in total. The number of ether oxygens (including phenoxy) is 2. The lowest BCUT2D eigenvalue weighted by atomic mass is 10.2. The first kappa shape index (κ1) is 11.9. The summed E-state index contributed by atoms with van der Waals surface area (Å²) in [4.78, 5) is 4.13. The molecule has 0 saturated carbocycles. The van der Waals surface area contributed by atoms with Crippen LogP contribution in [0.25, 0.3) is 0 Å². The average Bonchev–Trinajstić information content (AvgIpc) is 2.89. The fourth-order valence-corrected chi connectivity index (χ4v) is 1.93. The lowest BCUT2D eigenvalue weighted by molar-refractivity contribution is 0.273. The molecule has 0 aliphatic rings. The molecule has 90 valence electrons. The van der Waals surface area contributed by atoms with Crippen LogP contribution in [-0.2, 0) is 13.2 Å². The van der Waals surface area contributed by atoms with Crippen LogP contribution in [0.4, 0.5) is 0 Å². The minimum atomic E-state index is -0.0112. The van der Waals surface area contributed by atoms with E-state index in [2.05, 4.69) is 4.98 Å². The molecule has 1 heterocycles. The molecule has 0 radical (unpaired) electrons. The Morgan fingerprint density at radius 2 is 2.24 bits per heavy atom. The van der Waals surface area contributed by atoms with Crippen LogP contribution in [0, 0.1) is 0 Å². The summed E-state index contributed by atoms with van der Waals surface area (Å²) in [7, 11) is 1.58. The maximum absolute atomic E-state index is 9.02. The Morgan fingerprint density at radius 3 is 2.88 bits per heavy atom. The minimum absolute atomic E-state index is 0.0112. The molecule has 0 amide bonds. The number of rotatable bonds is 5. The standard InChI is InChI=1S/C12H13NO3S/c1-15-12-4-9(5-14)2-3-11(12)16-6-10-7-17-8-13-10/h2-4,7-8,14H,5-6H2,1H3. The van der Waals surface area contributed by atoms with Gasteiger partial charge in [-0.1, -0.05) is 6.07 Å². The molecule has 0 unspecified atom stereocenters. The van der Waals surface area contributed by atoms with E-state index >= 15 is 0 Å². The Labute approximate surface area is 103 Å². The van der Waals surface area contributed by atoms with Gasteiger partial charge in [-0.25, -0.2) is 4.98 Å². The summed E-state index contributed by atoms with van der Waals surface area (Å²) in [6.07, 6.45) is 0. The molecule has 0 spiro atoms. The fraction of sp³-hybridized carbons (Fsp3) is 0.250. The Kier molecular flexibility index (Phi) is 3.95. The van der Waals surface area contributed by atoms with Crippen molar-refractivity contribution in [1.29, 1.82) is 0 Å². The monoisotopic (exact) mass is 251 g/mol. The van der Waals surface area contributed by atoms with Crippen molar-refractivity contribution in [2.75, 3.05) is 7.11 Å². The lowest BCUT2D eigenvalue weighted by Gasteiger charge is -2.10. The SMILES string of the molecule is COc1cc(CO)ccc1OCc1cscn1. The van der Waals surface area contributed by atoms with Crippen molar-refractivity contribution >= 4 is 11.3 Å². The predicted octanol–water partition coefficient (Wildman–Crippen LogP) is 2.22. The number of aliphatic hydroxyl groups is 1. The molecule has 0 fully saturated rings. The molecule has 0 bridgehead atoms. The summed E-state index contributed by atoms with van der Waals surface area (Å²) in [5.41, 5.74) is 3.45. The maximum Gasteiger partial charge on any atom is 0.161 e. The van der Waals surface area contributed by atoms with Gasteiger partial charge in [0, 0.05) is 5.38 Å². The van der Waals surface area contributed by atoms with Gasteiger partial charge in [0.2, 0.25) is 0 Å². The average molecular weight is 251 g/mol. The van der Waals surface area contributed by atoms with Crippen molar-refractivity contribution in [2.45, 2.75) is 13.2 Å². The van der Waals surface area contributed by atoms with Gasteiger partial charge in [-0.05, 0) is 17.7 Å². The number of aromatic nitrogens is 1. The summed E-state index contributed by atoms with van der Waals surface area (Å²) in [6, 6.07) is 5.35. The number of methoxy groups -OCH3 is 1. The van der Waals surface area contributed by atoms with Crippen LogP contribution in [-0.4, -0.2) is 17.2 Å². The number of benzene rings is 1. The van der Waals surface area contributed by atoms with Gasteiger partial charge >= 0.3 is 0 Å². The van der Waals surface area contributed by atoms with Crippen LogP contribution in [0.15, 0.2) is 29.1 Å². The van der Waals surface area contributed by atoms with Crippen molar-refractivity contribution in [2.24, 2.45) is 0 Å². The Hall–Kier alpha value is -1.59. The molecule has 0 saturated heterocycles. The highest BCUT2D eigenvalue weighted by atomic mass is 32.1. The highest BCUT2D eigenvalue weighted by Gasteiger charge is 2.06. The van der Waals surface area contributed by atoms with Crippen molar-refractivity contribution in [3.63, 3.8) is 0 Å². The van der Waals surface area contributed by atoms with Crippen molar-refractivity contribution in [3.8, 4) is 11.5 Å². The maximum atomic E-state index is 9.02. The van der Waals surface area contributed by atoms with Crippen molar-refractivity contribution in [3.05, 3.63) is 40.3 Å². The Balaban J connectivity index is 2.09. The van der Waals surface area contributed by atoms with E-state index in [0.717, 1.165) is 11.3 Å². The van der Waals surface area contributed by atoms with E-state index in [0.29, 0.717) is 18.1 Å². The van der Waals surface area contributed by atoms with Gasteiger partial charge in [-0.15, -0.1) is 11.3 Å². The first-order chi connectivity index (χ1) is 8.33. The van der Waals surface area contributed by atoms with Crippen LogP contribution >= 0.6 is 11.3 Å². The normalized spacial score (nSPS) is 10.2. The molecule has 2 aromatic rings. The van der Waals surface area contributed by atoms with Crippen LogP contribution in [0.1, 0.15) is 11.3 Å². The van der Waals surface area contributed by atoms with Crippen LogP contribution in [0.5, 0.6) is 11.5 Å². The first-order valence-corrected chi connectivity index (χ1v) is 6.05. The third-order valence-electron chi connectivity index (χ3n) is 2.27. The summed E-state index contributed by atoms with van der Waals surface area (Å²) < 4.78 is 10.8. The summed E-state index contributed by atoms with van der Waals surface area (Å²) >= 11 is 1.54. The van der Waals surface area contributed by atoms with Gasteiger partial charge in [-0.3, -0.25) is 0 Å². The Bertz CT molecular complexity index is 471. The van der Waals surface area contributed by atoms with E-state index < -0.39 is 0 Å². The topological polar surface area (TPSA) is 51.6 Å². The van der Waals surface area contributed by atoms with Gasteiger partial charge in [0.15, 0.2) is 11.5 Å². The number of aliphatic hydroxyl groups excluding tert-OH is 1. The number of hydrogen-bond donors (Lipinski definition) is 1. The van der Waals surface area contributed by atoms with Gasteiger partial charge in [0.1, 0.15) is 6.61 Å². The zero-order chi connectivity index (χ0) is 12.1. The number of nitrogens with zero attached hydrogens (tertiary/aromatic N) is 1. The molecule has 0 aliphatic carbocycles. The second-order valence-electron chi connectivity index (χ2n) is 3.41. The Morgan fingerprint density at radius 1 is 1.35 bits per heavy atom. The molecule has 5 heteroatoms. The molecular weight excluding hydrogens is 238 g/mol. The van der Waals surface area contributed by atoms with Gasteiger partial charge in [0.05, 0.1) is 24.9 Å². The van der Waals surface area contributed by atoms with Crippen molar-refractivity contribution in [1.82, 2.24) is 4.98 Å². The van der Waals surface area contributed by atoms with Gasteiger partial charge in [0.25, 0.3) is 0 Å². The fourth-order valence-electron chi connectivity index (χ4n) is 1.39. The molecular formula is C12H13NO3S. The molecule has 0 aliphatic heterocycles. The third kappa shape index (κ3) is 2.95. The zero-order valence-electron chi connectivity index (χ0n) is 9.42. The molecule has 17 heavy (non-hydrogen) atoms. The van der Waals surface area contributed by atoms with Crippen LogP contribution in [0.2, 0.25) is 0 Å². The van der Waals surface area contributed by atoms with E-state index in [1.54, 1.807) is 30.8 Å². The summed E-state index contributed by atoms with van der Waals surface area (Å²) in [5, 5.41) is 11.0. The second kappa shape index (κ2) is 5.65. The van der Waals surface area contributed by atoms with E-state index in [1.165, 1.54) is 11.3 Å². The highest BCUT2D eigenvalue weighted by molar-refractivity contribution is 7.07. The minimum Gasteiger partial charge on any atom is -0.493 e. The molecule has 1 aromatic heterocycles. The quantitative estimate of drug-likeness (QED) is 0.885. The van der Waals surface area contributed by atoms with Crippen LogP contribution < -0.4 is 9.47 Å². The third-order valence-corrected chi connectivity index (χ3v) is 2.90. The van der Waals surface area contributed by atoms with Crippen molar-refractivity contribution < 1.29 is 14.6 Å². The smallest absolute Gasteiger partial charge is 0.161 e. The molecule has 0 atom stereocenters. The molecule has 2 rings (SSSR count). The van der Waals surface area contributed by atoms with Gasteiger partial charge < -0.3 is 14.6 Å². The summed E-state index contributed by atoms with van der Waals surface area (Å²) in [6.45, 7) is 0.404. The highest BCUT2D eigenvalue weighted by Crippen LogP contribution is 2.28.